The van der Waals surface area contributed by atoms with Crippen LogP contribution in [0, 0.1) is 48.7 Å². The standard InChI is InChI=1S/9C4H2N9.C2H6N4O.CH10N6.CH9N5.CH8N4.CH5N3.H4N2.H3N.Na/c9*5-1-6-2-8-9-4-11-12-10-3(7-1)13(2)4;3-1(4)6-2(5)7;2-5-1(6-3)7-4;2-1(5-3)6-4;2-1-4-5-3;2-1(3)4;1-2;;/h9*(H2-,5,6,7,8,9,10,11);(H6,3,4,5,6,7);1,5-7H,2-4H2;1,5-6H,2-4H2;4-5H,1-3H2;(H5,2,3,4);1-2H2;1H3;/q9*-1;;;;;;;;+1/p+8. The number of amides is 2. The van der Waals surface area contributed by atoms with Crippen LogP contribution in [0.15, 0.2) is 0 Å². The minimum absolute atomic E-state index is 0. The average Bonchev–Trinajstić information content (AvgIpc) is 1.71. The van der Waals surface area contributed by atoms with E-state index in [4.69, 9.17) is 94.7 Å². The van der Waals surface area contributed by atoms with Gasteiger partial charge in [-0.3, -0.25) is 166 Å². The Bertz CT molecular complexity index is 7000. The van der Waals surface area contributed by atoms with Crippen molar-refractivity contribution in [1.82, 2.24) is 312 Å². The minimum atomic E-state index is -0.750. The molecule has 0 spiro atoms. The molecule has 0 aromatic carbocycles. The molecule has 2 amide bonds. The number of nitrogens with zero attached hydrogens (tertiary/aromatic N) is 63. The van der Waals surface area contributed by atoms with Gasteiger partial charge in [-0.05, 0) is 46.9 Å². The van der Waals surface area contributed by atoms with Gasteiger partial charge in [-0.2, -0.15) is 11.2 Å². The van der Waals surface area contributed by atoms with Gasteiger partial charge in [-0.1, -0.05) is 0 Å². The Morgan fingerprint density at radius 2 is 0.473 bits per heavy atom. The van der Waals surface area contributed by atoms with Crippen molar-refractivity contribution in [2.45, 2.75) is 12.6 Å². The first-order valence-electron chi connectivity index (χ1n) is 37.8. The zero-order valence-electron chi connectivity index (χ0n) is 75.6. The van der Waals surface area contributed by atoms with Gasteiger partial charge in [-0.25, -0.2) is 77.2 Å². The maximum atomic E-state index is 9.74. The number of hydrogen-bond acceptors (Lipinski definition) is 77. The number of carbonyl (C=O) groups excluding carboxylic acids is 1. The number of aromatic nitrogens is 54. The van der Waals surface area contributed by atoms with Crippen LogP contribution >= 0.6 is 0 Å². The van der Waals surface area contributed by atoms with Crippen molar-refractivity contribution in [2.24, 2.45) is 63.6 Å². The number of hydrazine groups is 4. The third-order valence-electron chi connectivity index (χ3n) is 15.4. The van der Waals surface area contributed by atoms with Crippen LogP contribution in [0.1, 0.15) is 1.43 Å². The summed E-state index contributed by atoms with van der Waals surface area (Å²) in [6.45, 7) is 0.483. The molecule has 18 aromatic rings. The zero-order valence-corrected chi connectivity index (χ0v) is 76.6. The van der Waals surface area contributed by atoms with Crippen LogP contribution in [0.4, 0.5) is 112 Å². The van der Waals surface area contributed by atoms with Gasteiger partial charge in [0.05, 0.1) is 53.5 Å². The topological polar surface area (TPSA) is 1640 Å². The van der Waals surface area contributed by atoms with Crippen LogP contribution in [0.25, 0.3) is 101 Å². The van der Waals surface area contributed by atoms with Gasteiger partial charge in [0, 0.05) is 0 Å². The number of urea groups is 1. The van der Waals surface area contributed by atoms with E-state index in [1.54, 1.807) is 5.43 Å². The SMILES string of the molecule is N=c1nc2n3c(nnnc3n1)N[N-]2.N=c1nc2n3c(nnnc3n1)N[N-]2.N=c1nc2n3c(nnnc3n1)N[N-]2.N=c1nc2n3c(nnnc3n1)N[N-]2.N=c1nc2n3c(nnnc3n1)N[N-]2.N=c1nc2n3c(nnnc3n1)N[N-]2.N=c1nc2n3c(nnnc3n1)N[N-]2.N=c1nc2n3c(nnnc3n1)N[N-]2.N=c1nc2n3c(nnnc3n1)N[N-]2.NC(=[NH2+])NC(N)=O.NC(N)=[NH2+].NC[NH2+]NN.NNC(N)NN.NNC(N[NH3+])N[NH3+].N[NH3+].[H+].[NH4+].[Na+]. The van der Waals surface area contributed by atoms with Crippen LogP contribution in [-0.4, -0.2) is 305 Å². The molecule has 27 rings (SSSR count). The Morgan fingerprint density at radius 1 is 0.320 bits per heavy atom. The van der Waals surface area contributed by atoms with Gasteiger partial charge in [-0.15, -0.1) is 108 Å². The average molecular weight is 2100 g/mol. The molecule has 0 radical (unpaired) electrons. The Labute approximate surface area is 835 Å². The van der Waals surface area contributed by atoms with Crippen LogP contribution in [0.3, 0.4) is 0 Å². The number of nitrogens with two attached hydrogens (primary N) is 14. The molecule has 150 heavy (non-hydrogen) atoms. The second-order valence-electron chi connectivity index (χ2n) is 24.7. The third kappa shape index (κ3) is 26.2. The summed E-state index contributed by atoms with van der Waals surface area (Å²) in [6.07, 6.45) is -0.718. The molecule has 9 aliphatic heterocycles. The first-order chi connectivity index (χ1) is 71.5. The summed E-state index contributed by atoms with van der Waals surface area (Å²) in [4.78, 5) is 77.2. The summed E-state index contributed by atoms with van der Waals surface area (Å²) in [6, 6.07) is -0.750. The normalized spacial score (nSPS) is 11.5. The first-order valence-corrected chi connectivity index (χ1v) is 37.8. The van der Waals surface area contributed by atoms with Crippen LogP contribution < -0.4 is 270 Å². The molecule has 0 atom stereocenters. The molecular formula is C42H71N106NaO. The molecule has 0 bridgehead atoms. The van der Waals surface area contributed by atoms with Gasteiger partial charge in [0.1, 0.15) is 13.0 Å². The molecule has 9 aliphatic rings. The molecule has 0 aliphatic carbocycles. The first kappa shape index (κ1) is 108. The second kappa shape index (κ2) is 50.0. The fourth-order valence-electron chi connectivity index (χ4n) is 9.96. The summed E-state index contributed by atoms with van der Waals surface area (Å²) in [5.74, 6) is 41.4. The Hall–Kier alpha value is -22.6. The molecular weight excluding hydrogens is 2030 g/mol. The largest absolute Gasteiger partial charge is 1.00 e. The van der Waals surface area contributed by atoms with Gasteiger partial charge >= 0.3 is 48.9 Å². The monoisotopic (exact) mass is 2100 g/mol. The summed E-state index contributed by atoms with van der Waals surface area (Å²) in [5, 5.41) is 173. The van der Waals surface area contributed by atoms with Crippen molar-refractivity contribution < 1.29 is 69.6 Å². The van der Waals surface area contributed by atoms with Crippen molar-refractivity contribution in [3.63, 3.8) is 0 Å². The van der Waals surface area contributed by atoms with Crippen molar-refractivity contribution in [2.75, 3.05) is 55.5 Å². The molecule has 18 aromatic heterocycles. The van der Waals surface area contributed by atoms with E-state index in [1.165, 1.54) is 39.6 Å². The van der Waals surface area contributed by atoms with E-state index in [-0.39, 0.29) is 158 Å². The second-order valence-corrected chi connectivity index (χ2v) is 24.7. The number of quaternary nitrogens is 5. The molecule has 66 N–H and O–H groups in total. The van der Waals surface area contributed by atoms with Gasteiger partial charge < -0.3 is 151 Å². The molecule has 0 saturated heterocycles. The van der Waals surface area contributed by atoms with E-state index in [0.717, 1.165) is 0 Å². The zero-order chi connectivity index (χ0) is 106. The van der Waals surface area contributed by atoms with Crippen molar-refractivity contribution in [3.05, 3.63) is 99.4 Å². The minimum Gasteiger partial charge on any atom is -0.369 e. The fourth-order valence-corrected chi connectivity index (χ4v) is 9.96. The van der Waals surface area contributed by atoms with E-state index in [0.29, 0.717) is 114 Å². The Morgan fingerprint density at radius 3 is 0.553 bits per heavy atom. The molecule has 108 heteroatoms. The van der Waals surface area contributed by atoms with Crippen molar-refractivity contribution in [3.8, 4) is 0 Å². The van der Waals surface area contributed by atoms with E-state index < -0.39 is 12.3 Å². The number of carbonyl (C=O) groups is 1. The fraction of sp³-hybridized carbons (Fsp3) is 0.0714. The summed E-state index contributed by atoms with van der Waals surface area (Å²) < 4.78 is 13.3. The summed E-state index contributed by atoms with van der Waals surface area (Å²) in [7, 11) is 0. The van der Waals surface area contributed by atoms with Crippen molar-refractivity contribution >= 4 is 177 Å². The smallest absolute Gasteiger partial charge is 0.369 e. The van der Waals surface area contributed by atoms with Crippen LogP contribution in [0.2, 0.25) is 0 Å². The summed E-state index contributed by atoms with van der Waals surface area (Å²) >= 11 is 0. The Kier molecular flexibility index (Phi) is 35.9. The Balaban J connectivity index is 0.000000167. The number of nitrogens with one attached hydrogen (secondary N) is 25. The molecule has 0 unspecified atom stereocenters. The molecule has 107 nitrogen and oxygen atoms in total. The predicted octanol–water partition coefficient (Wildman–Crippen LogP) is -32.8. The van der Waals surface area contributed by atoms with Crippen LogP contribution in [0.5, 0.6) is 0 Å². The van der Waals surface area contributed by atoms with Gasteiger partial charge in [0.25, 0.3) is 0 Å². The number of rotatable bonds is 7. The number of hydrogen-bond donors (Lipinski definition) is 43. The molecule has 776 valence electrons. The van der Waals surface area contributed by atoms with E-state index >= 15 is 0 Å². The van der Waals surface area contributed by atoms with Crippen molar-refractivity contribution in [1.29, 1.82) is 48.7 Å². The number of primary amides is 1. The number of anilines is 9. The predicted molar refractivity (Wildman–Crippen MR) is 467 cm³/mol. The third-order valence-corrected chi connectivity index (χ3v) is 15.4. The summed E-state index contributed by atoms with van der Waals surface area (Å²) in [5.41, 5.74) is 100. The van der Waals surface area contributed by atoms with Crippen LogP contribution in [-0.2, 0) is 0 Å². The quantitative estimate of drug-likeness (QED) is 0.0176. The molecule has 27 heterocycles. The molecule has 0 saturated carbocycles. The maximum absolute atomic E-state index is 9.74. The van der Waals surface area contributed by atoms with E-state index in [2.05, 4.69) is 405 Å². The maximum Gasteiger partial charge on any atom is 1.00 e. The van der Waals surface area contributed by atoms with Gasteiger partial charge in [0.2, 0.25) is 58.3 Å². The van der Waals surface area contributed by atoms with E-state index in [1.807, 2.05) is 5.32 Å². The van der Waals surface area contributed by atoms with Gasteiger partial charge in [0.15, 0.2) is 104 Å². The molecule has 0 fully saturated rings. The van der Waals surface area contributed by atoms with E-state index in [9.17, 15) is 4.79 Å². The number of guanidine groups is 2.